The molecule has 0 aliphatic heterocycles. The summed E-state index contributed by atoms with van der Waals surface area (Å²) in [6.45, 7) is 2.97. The van der Waals surface area contributed by atoms with E-state index in [0.29, 0.717) is 42.6 Å². The summed E-state index contributed by atoms with van der Waals surface area (Å²) in [5.41, 5.74) is 4.34. The van der Waals surface area contributed by atoms with Crippen LogP contribution >= 0.6 is 0 Å². The number of amides is 1. The maximum absolute atomic E-state index is 13.5. The lowest BCUT2D eigenvalue weighted by molar-refractivity contribution is 0.0947. The van der Waals surface area contributed by atoms with Crippen LogP contribution in [0.4, 0.5) is 4.39 Å². The Labute approximate surface area is 238 Å². The summed E-state index contributed by atoms with van der Waals surface area (Å²) in [6.07, 6.45) is 3.76. The Hall–Kier alpha value is -5.17. The number of ether oxygens (including phenoxy) is 2. The van der Waals surface area contributed by atoms with Crippen LogP contribution in [0.25, 0.3) is 23.5 Å². The number of hydrogen-bond donors (Lipinski definition) is 1. The molecule has 1 heterocycles. The van der Waals surface area contributed by atoms with Crippen molar-refractivity contribution in [3.8, 4) is 22.8 Å². The first-order valence-corrected chi connectivity index (χ1v) is 13.3. The van der Waals surface area contributed by atoms with E-state index in [1.54, 1.807) is 18.2 Å². The number of nitrogens with zero attached hydrogens (tertiary/aromatic N) is 1. The maximum atomic E-state index is 13.5. The van der Waals surface area contributed by atoms with Crippen LogP contribution in [0.3, 0.4) is 0 Å². The predicted octanol–water partition coefficient (Wildman–Crippen LogP) is 7.56. The minimum atomic E-state index is -0.325. The van der Waals surface area contributed by atoms with Gasteiger partial charge in [-0.15, -0.1) is 0 Å². The molecule has 0 saturated heterocycles. The molecule has 0 aliphatic rings. The van der Waals surface area contributed by atoms with Crippen LogP contribution in [0.2, 0.25) is 0 Å². The lowest BCUT2D eigenvalue weighted by Crippen LogP contribution is -2.22. The molecule has 1 amide bonds. The highest BCUT2D eigenvalue weighted by Gasteiger charge is 2.19. The lowest BCUT2D eigenvalue weighted by atomic mass is 10.0. The number of carbonyl (C=O) groups excluding carboxylic acids is 1. The summed E-state index contributed by atoms with van der Waals surface area (Å²) in [6, 6.07) is 31.2. The van der Waals surface area contributed by atoms with Crippen molar-refractivity contribution in [2.75, 3.05) is 6.54 Å². The van der Waals surface area contributed by atoms with Gasteiger partial charge >= 0.3 is 0 Å². The van der Waals surface area contributed by atoms with Crippen molar-refractivity contribution in [1.29, 1.82) is 0 Å². The number of halogens is 1. The molecule has 0 atom stereocenters. The van der Waals surface area contributed by atoms with E-state index in [4.69, 9.17) is 14.0 Å². The minimum Gasteiger partial charge on any atom is -0.488 e. The Balaban J connectivity index is 1.56. The quantitative estimate of drug-likeness (QED) is 0.173. The third kappa shape index (κ3) is 7.28. The highest BCUT2D eigenvalue weighted by Crippen LogP contribution is 2.38. The highest BCUT2D eigenvalue weighted by molar-refractivity contribution is 5.93. The Kier molecular flexibility index (Phi) is 8.86. The lowest BCUT2D eigenvalue weighted by Gasteiger charge is -2.16. The summed E-state index contributed by atoms with van der Waals surface area (Å²) in [4.78, 5) is 12.4. The van der Waals surface area contributed by atoms with Gasteiger partial charge in [0.25, 0.3) is 5.91 Å². The van der Waals surface area contributed by atoms with Crippen LogP contribution in [-0.4, -0.2) is 17.6 Å². The molecule has 7 heteroatoms. The van der Waals surface area contributed by atoms with Crippen molar-refractivity contribution in [2.24, 2.45) is 0 Å². The summed E-state index contributed by atoms with van der Waals surface area (Å²) < 4.78 is 31.6. The van der Waals surface area contributed by atoms with Gasteiger partial charge in [0.1, 0.15) is 30.5 Å². The van der Waals surface area contributed by atoms with Gasteiger partial charge < -0.3 is 19.3 Å². The molecular formula is C34H29FN2O4. The van der Waals surface area contributed by atoms with Gasteiger partial charge in [-0.05, 0) is 41.8 Å². The van der Waals surface area contributed by atoms with E-state index in [1.165, 1.54) is 12.1 Å². The first-order valence-electron chi connectivity index (χ1n) is 13.3. The van der Waals surface area contributed by atoms with E-state index in [1.807, 2.05) is 91.9 Å². The molecule has 6 nitrogen and oxygen atoms in total. The van der Waals surface area contributed by atoms with Crippen molar-refractivity contribution in [3.63, 3.8) is 0 Å². The molecule has 5 aromatic rings. The average molecular weight is 549 g/mol. The molecule has 0 unspecified atom stereocenters. The third-order valence-corrected chi connectivity index (χ3v) is 6.26. The van der Waals surface area contributed by atoms with Gasteiger partial charge in [0.15, 0.2) is 11.5 Å². The van der Waals surface area contributed by atoms with E-state index in [9.17, 15) is 9.18 Å². The number of nitrogens with one attached hydrogen (secondary N) is 1. The fourth-order valence-corrected chi connectivity index (χ4v) is 4.14. The number of rotatable bonds is 11. The second-order valence-electron chi connectivity index (χ2n) is 9.26. The Morgan fingerprint density at radius 2 is 1.46 bits per heavy atom. The zero-order valence-corrected chi connectivity index (χ0v) is 22.5. The molecule has 0 fully saturated rings. The zero-order valence-electron chi connectivity index (χ0n) is 22.5. The average Bonchev–Trinajstić information content (AvgIpc) is 3.50. The molecule has 5 rings (SSSR count). The van der Waals surface area contributed by atoms with Crippen LogP contribution in [0.15, 0.2) is 108 Å². The minimum absolute atomic E-state index is 0.170. The van der Waals surface area contributed by atoms with E-state index in [-0.39, 0.29) is 17.4 Å². The van der Waals surface area contributed by atoms with Crippen LogP contribution in [0, 0.1) is 5.82 Å². The van der Waals surface area contributed by atoms with Gasteiger partial charge in [0.2, 0.25) is 0 Å². The molecule has 1 aromatic heterocycles. The molecule has 0 saturated carbocycles. The molecule has 41 heavy (non-hydrogen) atoms. The third-order valence-electron chi connectivity index (χ3n) is 6.26. The largest absolute Gasteiger partial charge is 0.488 e. The molecule has 206 valence electrons. The van der Waals surface area contributed by atoms with Crippen molar-refractivity contribution in [1.82, 2.24) is 10.5 Å². The van der Waals surface area contributed by atoms with E-state index in [0.717, 1.165) is 22.3 Å². The van der Waals surface area contributed by atoms with Crippen molar-refractivity contribution in [2.45, 2.75) is 20.1 Å². The second-order valence-corrected chi connectivity index (χ2v) is 9.26. The SMILES string of the molecule is CCNC(=O)c1cc(-c2cc(C=Cc3ccc(F)cc3)c(OCc3ccccc3)cc2OCc2ccccc2)on1. The van der Waals surface area contributed by atoms with Gasteiger partial charge in [-0.25, -0.2) is 4.39 Å². The van der Waals surface area contributed by atoms with Gasteiger partial charge in [0, 0.05) is 24.2 Å². The summed E-state index contributed by atoms with van der Waals surface area (Å²) in [5.74, 6) is 0.843. The first kappa shape index (κ1) is 27.4. The Bertz CT molecular complexity index is 1610. The van der Waals surface area contributed by atoms with Gasteiger partial charge in [0.05, 0.1) is 5.56 Å². The molecular weight excluding hydrogens is 519 g/mol. The topological polar surface area (TPSA) is 73.6 Å². The van der Waals surface area contributed by atoms with E-state index >= 15 is 0 Å². The maximum Gasteiger partial charge on any atom is 0.273 e. The standard InChI is InChI=1S/C34H29FN2O4/c1-2-36-34(38)30-20-33(41-37-30)29-19-27(16-13-24-14-17-28(35)18-15-24)31(39-22-25-9-5-3-6-10-25)21-32(29)40-23-26-11-7-4-8-12-26/h3-21H,2,22-23H2,1H3,(H,36,38). The number of aromatic nitrogens is 1. The van der Waals surface area contributed by atoms with Gasteiger partial charge in [-0.2, -0.15) is 0 Å². The monoisotopic (exact) mass is 548 g/mol. The Morgan fingerprint density at radius 3 is 2.10 bits per heavy atom. The Morgan fingerprint density at radius 1 is 0.829 bits per heavy atom. The predicted molar refractivity (Wildman–Crippen MR) is 157 cm³/mol. The molecule has 0 spiro atoms. The van der Waals surface area contributed by atoms with E-state index < -0.39 is 0 Å². The zero-order chi connectivity index (χ0) is 28.4. The van der Waals surface area contributed by atoms with Crippen molar-refractivity contribution >= 4 is 18.1 Å². The first-order chi connectivity index (χ1) is 20.1. The molecule has 0 aliphatic carbocycles. The van der Waals surface area contributed by atoms with Crippen molar-refractivity contribution in [3.05, 3.63) is 137 Å². The number of carbonyl (C=O) groups is 1. The smallest absolute Gasteiger partial charge is 0.273 e. The molecule has 0 bridgehead atoms. The normalized spacial score (nSPS) is 11.0. The van der Waals surface area contributed by atoms with Crippen molar-refractivity contribution < 1.29 is 23.2 Å². The summed E-state index contributed by atoms with van der Waals surface area (Å²) >= 11 is 0. The fourth-order valence-electron chi connectivity index (χ4n) is 4.14. The van der Waals surface area contributed by atoms with Crippen LogP contribution < -0.4 is 14.8 Å². The molecule has 0 radical (unpaired) electrons. The number of hydrogen-bond acceptors (Lipinski definition) is 5. The fraction of sp³-hybridized carbons (Fsp3) is 0.118. The highest BCUT2D eigenvalue weighted by atomic mass is 19.1. The number of benzene rings is 4. The second kappa shape index (κ2) is 13.3. The van der Waals surface area contributed by atoms with E-state index in [2.05, 4.69) is 10.5 Å². The van der Waals surface area contributed by atoms with Crippen LogP contribution in [0.1, 0.15) is 39.7 Å². The summed E-state index contributed by atoms with van der Waals surface area (Å²) in [7, 11) is 0. The van der Waals surface area contributed by atoms with Gasteiger partial charge in [-0.1, -0.05) is 90.1 Å². The van der Waals surface area contributed by atoms with Crippen LogP contribution in [0.5, 0.6) is 11.5 Å². The van der Waals surface area contributed by atoms with Crippen LogP contribution in [-0.2, 0) is 13.2 Å². The molecule has 1 N–H and O–H groups in total. The molecule has 4 aromatic carbocycles. The summed E-state index contributed by atoms with van der Waals surface area (Å²) in [5, 5.41) is 6.71. The van der Waals surface area contributed by atoms with Gasteiger partial charge in [-0.3, -0.25) is 4.79 Å².